The van der Waals surface area contributed by atoms with E-state index in [1.807, 2.05) is 23.6 Å². The van der Waals surface area contributed by atoms with Gasteiger partial charge >= 0.3 is 0 Å². The highest BCUT2D eigenvalue weighted by Crippen LogP contribution is 2.26. The van der Waals surface area contributed by atoms with Crippen LogP contribution in [0.5, 0.6) is 0 Å². The monoisotopic (exact) mass is 356 g/mol. The number of hydrogen-bond donors (Lipinski definition) is 1. The van der Waals surface area contributed by atoms with Crippen molar-refractivity contribution in [2.24, 2.45) is 0 Å². The fraction of sp³-hybridized carbons (Fsp3) is 0.263. The lowest BCUT2D eigenvalue weighted by molar-refractivity contribution is -0.118. The Morgan fingerprint density at radius 3 is 2.92 bits per heavy atom. The average Bonchev–Trinajstić information content (AvgIpc) is 3.10. The number of thiophene rings is 1. The van der Waals surface area contributed by atoms with Crippen LogP contribution in [-0.4, -0.2) is 16.6 Å². The quantitative estimate of drug-likeness (QED) is 0.658. The van der Waals surface area contributed by atoms with Crippen molar-refractivity contribution >= 4 is 39.9 Å². The molecule has 0 aliphatic carbocycles. The van der Waals surface area contributed by atoms with E-state index in [0.29, 0.717) is 12.3 Å². The van der Waals surface area contributed by atoms with Gasteiger partial charge in [0, 0.05) is 10.3 Å². The topological polar surface area (TPSA) is 42.0 Å². The van der Waals surface area contributed by atoms with Crippen molar-refractivity contribution in [3.8, 4) is 0 Å². The fourth-order valence-electron chi connectivity index (χ4n) is 2.48. The number of benzene rings is 1. The minimum Gasteiger partial charge on any atom is -0.350 e. The van der Waals surface area contributed by atoms with Crippen molar-refractivity contribution in [3.63, 3.8) is 0 Å². The summed E-state index contributed by atoms with van der Waals surface area (Å²) >= 11 is 3.17. The maximum Gasteiger partial charge on any atom is 0.230 e. The number of thioether (sulfide) groups is 1. The van der Waals surface area contributed by atoms with Gasteiger partial charge in [0.05, 0.1) is 17.8 Å². The zero-order valence-electron chi connectivity index (χ0n) is 13.8. The number of carbonyl (C=O) groups is 1. The van der Waals surface area contributed by atoms with Crippen LogP contribution in [0.15, 0.2) is 46.8 Å². The van der Waals surface area contributed by atoms with E-state index < -0.39 is 0 Å². The van der Waals surface area contributed by atoms with Gasteiger partial charge in [-0.25, -0.2) is 4.98 Å². The number of fused-ring (bicyclic) bond motifs is 1. The average molecular weight is 357 g/mol. The molecule has 3 nitrogen and oxygen atoms in total. The zero-order chi connectivity index (χ0) is 16.9. The number of carbonyl (C=O) groups excluding carboxylic acids is 1. The van der Waals surface area contributed by atoms with Crippen LogP contribution in [0.2, 0.25) is 0 Å². The predicted octanol–water partition coefficient (Wildman–Crippen LogP) is 4.58. The Labute approximate surface area is 150 Å². The van der Waals surface area contributed by atoms with Crippen molar-refractivity contribution in [1.82, 2.24) is 10.3 Å². The zero-order valence-corrected chi connectivity index (χ0v) is 15.5. The maximum atomic E-state index is 12.1. The molecule has 124 valence electrons. The third-order valence-electron chi connectivity index (χ3n) is 3.77. The van der Waals surface area contributed by atoms with Crippen molar-refractivity contribution in [3.05, 3.63) is 57.8 Å². The summed E-state index contributed by atoms with van der Waals surface area (Å²) in [5, 5.41) is 7.10. The molecule has 0 spiro atoms. The molecule has 5 heteroatoms. The number of nitrogens with zero attached hydrogens (tertiary/aromatic N) is 1. The van der Waals surface area contributed by atoms with E-state index in [1.165, 1.54) is 33.2 Å². The summed E-state index contributed by atoms with van der Waals surface area (Å²) < 4.78 is 0. The Morgan fingerprint density at radius 1 is 1.29 bits per heavy atom. The molecule has 1 aromatic carbocycles. The Balaban J connectivity index is 1.67. The predicted molar refractivity (Wildman–Crippen MR) is 103 cm³/mol. The van der Waals surface area contributed by atoms with E-state index in [-0.39, 0.29) is 5.91 Å². The van der Waals surface area contributed by atoms with Crippen LogP contribution in [0.4, 0.5) is 0 Å². The normalized spacial score (nSPS) is 10.9. The molecule has 0 fully saturated rings. The molecule has 3 aromatic rings. The van der Waals surface area contributed by atoms with Gasteiger partial charge in [0.1, 0.15) is 5.03 Å². The molecule has 0 radical (unpaired) electrons. The first-order valence-electron chi connectivity index (χ1n) is 7.98. The van der Waals surface area contributed by atoms with Gasteiger partial charge in [-0.15, -0.1) is 11.3 Å². The Kier molecular flexibility index (Phi) is 5.53. The van der Waals surface area contributed by atoms with Gasteiger partial charge in [-0.1, -0.05) is 36.4 Å². The van der Waals surface area contributed by atoms with Crippen LogP contribution in [0.25, 0.3) is 10.9 Å². The molecular weight excluding hydrogens is 336 g/mol. The molecule has 0 unspecified atom stereocenters. The number of amides is 1. The van der Waals surface area contributed by atoms with Crippen LogP contribution in [0.1, 0.15) is 22.9 Å². The Morgan fingerprint density at radius 2 is 2.17 bits per heavy atom. The minimum absolute atomic E-state index is 0.0428. The molecule has 0 atom stereocenters. The first-order chi connectivity index (χ1) is 11.7. The van der Waals surface area contributed by atoms with E-state index in [4.69, 9.17) is 4.98 Å². The summed E-state index contributed by atoms with van der Waals surface area (Å²) in [4.78, 5) is 18.0. The summed E-state index contributed by atoms with van der Waals surface area (Å²) in [5.74, 6) is 0.434. The molecule has 0 saturated heterocycles. The van der Waals surface area contributed by atoms with Crippen molar-refractivity contribution in [1.29, 1.82) is 0 Å². The van der Waals surface area contributed by atoms with Gasteiger partial charge in [0.15, 0.2) is 0 Å². The second-order valence-corrected chi connectivity index (χ2v) is 7.64. The second kappa shape index (κ2) is 7.81. The second-order valence-electron chi connectivity index (χ2n) is 5.65. The third kappa shape index (κ3) is 4.16. The van der Waals surface area contributed by atoms with Crippen molar-refractivity contribution in [2.45, 2.75) is 31.8 Å². The van der Waals surface area contributed by atoms with Gasteiger partial charge in [-0.3, -0.25) is 4.79 Å². The van der Waals surface area contributed by atoms with Gasteiger partial charge < -0.3 is 5.32 Å². The standard InChI is InChI=1S/C19H20N2OS2/c1-3-14-10-15-9-13(2)6-7-17(15)21-19(14)24-12-18(22)20-11-16-5-4-8-23-16/h4-10H,3,11-12H2,1-2H3,(H,20,22). The lowest BCUT2D eigenvalue weighted by Gasteiger charge is -2.09. The SMILES string of the molecule is CCc1cc2cc(C)ccc2nc1SCC(=O)NCc1cccs1. The summed E-state index contributed by atoms with van der Waals surface area (Å²) in [5.41, 5.74) is 3.42. The van der Waals surface area contributed by atoms with Gasteiger partial charge in [0.2, 0.25) is 5.91 Å². The molecule has 0 saturated carbocycles. The van der Waals surface area contributed by atoms with Crippen LogP contribution in [0.3, 0.4) is 0 Å². The molecule has 0 aliphatic rings. The van der Waals surface area contributed by atoms with E-state index in [1.54, 1.807) is 11.3 Å². The van der Waals surface area contributed by atoms with E-state index >= 15 is 0 Å². The molecule has 2 heterocycles. The largest absolute Gasteiger partial charge is 0.350 e. The number of hydrogen-bond acceptors (Lipinski definition) is 4. The number of pyridine rings is 1. The van der Waals surface area contributed by atoms with Gasteiger partial charge in [-0.05, 0) is 48.6 Å². The van der Waals surface area contributed by atoms with Crippen molar-refractivity contribution < 1.29 is 4.79 Å². The minimum atomic E-state index is 0.0428. The summed E-state index contributed by atoms with van der Waals surface area (Å²) in [6, 6.07) is 12.5. The van der Waals surface area contributed by atoms with Crippen LogP contribution < -0.4 is 5.32 Å². The lowest BCUT2D eigenvalue weighted by Crippen LogP contribution is -2.24. The molecule has 0 aliphatic heterocycles. The number of nitrogens with one attached hydrogen (secondary N) is 1. The Bertz CT molecular complexity index is 844. The molecule has 1 amide bonds. The summed E-state index contributed by atoms with van der Waals surface area (Å²) in [6.07, 6.45) is 0.913. The van der Waals surface area contributed by atoms with Gasteiger partial charge in [-0.2, -0.15) is 0 Å². The Hall–Kier alpha value is -1.85. The molecule has 2 aromatic heterocycles. The molecule has 1 N–H and O–H groups in total. The molecule has 0 bridgehead atoms. The van der Waals surface area contributed by atoms with E-state index in [2.05, 4.69) is 37.4 Å². The van der Waals surface area contributed by atoms with E-state index in [0.717, 1.165) is 17.0 Å². The summed E-state index contributed by atoms with van der Waals surface area (Å²) in [7, 11) is 0. The fourth-order valence-corrected chi connectivity index (χ4v) is 4.05. The van der Waals surface area contributed by atoms with E-state index in [9.17, 15) is 4.79 Å². The van der Waals surface area contributed by atoms with Crippen LogP contribution >= 0.6 is 23.1 Å². The molecule has 3 rings (SSSR count). The highest BCUT2D eigenvalue weighted by atomic mass is 32.2. The molecular formula is C19H20N2OS2. The first-order valence-corrected chi connectivity index (χ1v) is 9.84. The van der Waals surface area contributed by atoms with Gasteiger partial charge in [0.25, 0.3) is 0 Å². The summed E-state index contributed by atoms with van der Waals surface area (Å²) in [6.45, 7) is 4.81. The lowest BCUT2D eigenvalue weighted by atomic mass is 10.1. The molecule has 24 heavy (non-hydrogen) atoms. The number of aromatic nitrogens is 1. The van der Waals surface area contributed by atoms with Crippen LogP contribution in [0, 0.1) is 6.92 Å². The first kappa shape index (κ1) is 17.0. The highest BCUT2D eigenvalue weighted by Gasteiger charge is 2.10. The van der Waals surface area contributed by atoms with Crippen molar-refractivity contribution in [2.75, 3.05) is 5.75 Å². The third-order valence-corrected chi connectivity index (χ3v) is 5.68. The highest BCUT2D eigenvalue weighted by molar-refractivity contribution is 7.99. The number of aryl methyl sites for hydroxylation is 2. The number of rotatable bonds is 6. The smallest absolute Gasteiger partial charge is 0.230 e. The van der Waals surface area contributed by atoms with Crippen LogP contribution in [-0.2, 0) is 17.8 Å². The maximum absolute atomic E-state index is 12.1.